The molecule has 0 aromatic rings. The summed E-state index contributed by atoms with van der Waals surface area (Å²) in [6, 6.07) is -0.335. The summed E-state index contributed by atoms with van der Waals surface area (Å²) in [7, 11) is 0. The summed E-state index contributed by atoms with van der Waals surface area (Å²) < 4.78 is 0. The van der Waals surface area contributed by atoms with Crippen LogP contribution in [-0.2, 0) is 14.4 Å². The van der Waals surface area contributed by atoms with Crippen LogP contribution in [0.25, 0.3) is 0 Å². The van der Waals surface area contributed by atoms with Gasteiger partial charge < -0.3 is 15.3 Å². The second kappa shape index (κ2) is 7.85. The van der Waals surface area contributed by atoms with Crippen molar-refractivity contribution in [1.82, 2.24) is 10.2 Å². The number of hydrogen-bond donors (Lipinski definition) is 2. The van der Waals surface area contributed by atoms with Crippen LogP contribution in [0.5, 0.6) is 0 Å². The number of carbonyl (C=O) groups excluding carboxylic acids is 2. The zero-order valence-corrected chi connectivity index (χ0v) is 13.7. The molecule has 1 atom stereocenters. The lowest BCUT2D eigenvalue weighted by molar-refractivity contribution is -0.143. The van der Waals surface area contributed by atoms with Gasteiger partial charge in [-0.25, -0.2) is 0 Å². The van der Waals surface area contributed by atoms with E-state index in [2.05, 4.69) is 5.32 Å². The summed E-state index contributed by atoms with van der Waals surface area (Å²) in [5, 5.41) is 12.0. The van der Waals surface area contributed by atoms with E-state index in [0.29, 0.717) is 43.7 Å². The zero-order chi connectivity index (χ0) is 16.1. The number of hydrogen-bond acceptors (Lipinski definition) is 4. The van der Waals surface area contributed by atoms with Gasteiger partial charge in [-0.15, -0.1) is 11.8 Å². The Balaban J connectivity index is 1.84. The average Bonchev–Trinajstić information content (AvgIpc) is 2.97. The molecule has 0 aromatic heterocycles. The molecule has 2 N–H and O–H groups in total. The van der Waals surface area contributed by atoms with Gasteiger partial charge in [-0.2, -0.15) is 0 Å². The molecular formula is C15H24N2O4S. The monoisotopic (exact) mass is 328 g/mol. The third kappa shape index (κ3) is 4.15. The first-order chi connectivity index (χ1) is 10.5. The molecular weight excluding hydrogens is 304 g/mol. The van der Waals surface area contributed by atoms with Crippen LogP contribution in [0.15, 0.2) is 0 Å². The maximum absolute atomic E-state index is 12.4. The Morgan fingerprint density at radius 3 is 2.50 bits per heavy atom. The Labute approximate surface area is 135 Å². The first-order valence-corrected chi connectivity index (χ1v) is 9.08. The molecule has 1 saturated carbocycles. The molecule has 0 radical (unpaired) electrons. The highest BCUT2D eigenvalue weighted by Crippen LogP contribution is 2.26. The normalized spacial score (nSPS) is 28.4. The van der Waals surface area contributed by atoms with E-state index in [9.17, 15) is 14.4 Å². The predicted octanol–water partition coefficient (Wildman–Crippen LogP) is 1.45. The highest BCUT2D eigenvalue weighted by molar-refractivity contribution is 7.99. The Hall–Kier alpha value is -1.24. The Morgan fingerprint density at radius 2 is 1.91 bits per heavy atom. The SMILES string of the molecule is CCCC(=O)N1CSCC1C(=O)NC1CCC(C(=O)O)CC1. The molecule has 1 aliphatic carbocycles. The molecule has 1 heterocycles. The Kier molecular flexibility index (Phi) is 6.11. The Morgan fingerprint density at radius 1 is 1.23 bits per heavy atom. The molecule has 0 bridgehead atoms. The van der Waals surface area contributed by atoms with Crippen LogP contribution in [-0.4, -0.2) is 51.5 Å². The number of amides is 2. The molecule has 124 valence electrons. The number of thioether (sulfide) groups is 1. The van der Waals surface area contributed by atoms with Crippen LogP contribution in [0.3, 0.4) is 0 Å². The second-order valence-electron chi connectivity index (χ2n) is 6.02. The van der Waals surface area contributed by atoms with E-state index in [-0.39, 0.29) is 29.8 Å². The first-order valence-electron chi connectivity index (χ1n) is 7.93. The summed E-state index contributed by atoms with van der Waals surface area (Å²) in [5.74, 6) is 0.163. The van der Waals surface area contributed by atoms with E-state index in [4.69, 9.17) is 5.11 Å². The number of carboxylic acids is 1. The van der Waals surface area contributed by atoms with Gasteiger partial charge in [0.05, 0.1) is 11.8 Å². The molecule has 22 heavy (non-hydrogen) atoms. The molecule has 0 spiro atoms. The fourth-order valence-electron chi connectivity index (χ4n) is 3.05. The summed E-state index contributed by atoms with van der Waals surface area (Å²) >= 11 is 1.61. The maximum Gasteiger partial charge on any atom is 0.306 e. The fraction of sp³-hybridized carbons (Fsp3) is 0.800. The summed E-state index contributed by atoms with van der Waals surface area (Å²) in [6.45, 7) is 1.96. The standard InChI is InChI=1S/C15H24N2O4S/c1-2-3-13(18)17-9-22-8-12(17)14(19)16-11-6-4-10(5-7-11)15(20)21/h10-12H,2-9H2,1H3,(H,16,19)(H,20,21). The van der Waals surface area contributed by atoms with Crippen LogP contribution in [0.4, 0.5) is 0 Å². The van der Waals surface area contributed by atoms with Gasteiger partial charge in [0.25, 0.3) is 0 Å². The molecule has 2 fully saturated rings. The van der Waals surface area contributed by atoms with Crippen molar-refractivity contribution in [1.29, 1.82) is 0 Å². The van der Waals surface area contributed by atoms with E-state index in [1.165, 1.54) is 0 Å². The Bertz CT molecular complexity index is 435. The lowest BCUT2D eigenvalue weighted by atomic mass is 9.86. The maximum atomic E-state index is 12.4. The van der Waals surface area contributed by atoms with Gasteiger partial charge in [-0.3, -0.25) is 14.4 Å². The fourth-order valence-corrected chi connectivity index (χ4v) is 4.23. The van der Waals surface area contributed by atoms with Gasteiger partial charge >= 0.3 is 5.97 Å². The van der Waals surface area contributed by atoms with Crippen LogP contribution < -0.4 is 5.32 Å². The molecule has 1 saturated heterocycles. The van der Waals surface area contributed by atoms with Crippen LogP contribution in [0, 0.1) is 5.92 Å². The van der Waals surface area contributed by atoms with Crippen molar-refractivity contribution in [3.8, 4) is 0 Å². The molecule has 0 aromatic carbocycles. The van der Waals surface area contributed by atoms with Crippen molar-refractivity contribution in [3.63, 3.8) is 0 Å². The second-order valence-corrected chi connectivity index (χ2v) is 7.02. The number of carboxylic acid groups (broad SMARTS) is 1. The van der Waals surface area contributed by atoms with E-state index < -0.39 is 5.97 Å². The van der Waals surface area contributed by atoms with Gasteiger partial charge in [0.1, 0.15) is 6.04 Å². The average molecular weight is 328 g/mol. The third-order valence-corrected chi connectivity index (χ3v) is 5.40. The molecule has 7 heteroatoms. The minimum Gasteiger partial charge on any atom is -0.481 e. The summed E-state index contributed by atoms with van der Waals surface area (Å²) in [4.78, 5) is 37.1. The minimum atomic E-state index is -0.742. The van der Waals surface area contributed by atoms with Crippen LogP contribution >= 0.6 is 11.8 Å². The molecule has 2 aliphatic rings. The summed E-state index contributed by atoms with van der Waals surface area (Å²) in [5.41, 5.74) is 0. The highest BCUT2D eigenvalue weighted by atomic mass is 32.2. The lowest BCUT2D eigenvalue weighted by Crippen LogP contribution is -2.50. The topological polar surface area (TPSA) is 86.7 Å². The zero-order valence-electron chi connectivity index (χ0n) is 12.9. The van der Waals surface area contributed by atoms with Crippen molar-refractivity contribution in [2.24, 2.45) is 5.92 Å². The smallest absolute Gasteiger partial charge is 0.306 e. The van der Waals surface area contributed by atoms with E-state index in [0.717, 1.165) is 6.42 Å². The van der Waals surface area contributed by atoms with E-state index in [1.807, 2.05) is 6.92 Å². The minimum absolute atomic E-state index is 0.0387. The van der Waals surface area contributed by atoms with Crippen LogP contribution in [0.1, 0.15) is 45.4 Å². The molecule has 2 rings (SSSR count). The van der Waals surface area contributed by atoms with Gasteiger partial charge in [-0.05, 0) is 32.1 Å². The molecule has 1 unspecified atom stereocenters. The molecule has 1 aliphatic heterocycles. The predicted molar refractivity (Wildman–Crippen MR) is 84.4 cm³/mol. The third-order valence-electron chi connectivity index (χ3n) is 4.39. The number of nitrogens with zero attached hydrogens (tertiary/aromatic N) is 1. The van der Waals surface area contributed by atoms with Crippen molar-refractivity contribution >= 4 is 29.5 Å². The number of rotatable bonds is 5. The van der Waals surface area contributed by atoms with Gasteiger partial charge in [0.2, 0.25) is 11.8 Å². The van der Waals surface area contributed by atoms with Crippen molar-refractivity contribution in [3.05, 3.63) is 0 Å². The largest absolute Gasteiger partial charge is 0.481 e. The molecule has 2 amide bonds. The van der Waals surface area contributed by atoms with Crippen molar-refractivity contribution in [2.45, 2.75) is 57.5 Å². The molecule has 6 nitrogen and oxygen atoms in total. The van der Waals surface area contributed by atoms with E-state index >= 15 is 0 Å². The van der Waals surface area contributed by atoms with Gasteiger partial charge in [0, 0.05) is 18.2 Å². The quantitative estimate of drug-likeness (QED) is 0.797. The van der Waals surface area contributed by atoms with Gasteiger partial charge in [0.15, 0.2) is 0 Å². The lowest BCUT2D eigenvalue weighted by Gasteiger charge is -2.29. The number of aliphatic carboxylic acids is 1. The van der Waals surface area contributed by atoms with Gasteiger partial charge in [-0.1, -0.05) is 6.92 Å². The number of carbonyl (C=O) groups is 3. The summed E-state index contributed by atoms with van der Waals surface area (Å²) in [6.07, 6.45) is 3.88. The van der Waals surface area contributed by atoms with E-state index in [1.54, 1.807) is 16.7 Å². The van der Waals surface area contributed by atoms with Crippen molar-refractivity contribution < 1.29 is 19.5 Å². The van der Waals surface area contributed by atoms with Crippen molar-refractivity contribution in [2.75, 3.05) is 11.6 Å². The van der Waals surface area contributed by atoms with Crippen LogP contribution in [0.2, 0.25) is 0 Å². The highest BCUT2D eigenvalue weighted by Gasteiger charge is 2.35. The number of nitrogens with one attached hydrogen (secondary N) is 1. The first kappa shape index (κ1) is 17.1.